The van der Waals surface area contributed by atoms with Crippen molar-refractivity contribution in [1.29, 1.82) is 0 Å². The lowest BCUT2D eigenvalue weighted by Crippen LogP contribution is -2.48. The standard InChI is InChI=1S/C20H23NO6S/c1-14-12-21(13-15(2)26-14)28(23,24)19-6-4-5-16(11-19)20(22)27-18-9-7-17(25-3)8-10-18/h4-11,14-15H,12-13H2,1-3H3/t14-,15-/m0/s1. The molecule has 0 bridgehead atoms. The first kappa shape index (κ1) is 20.3. The molecule has 1 aliphatic heterocycles. The molecule has 2 aromatic carbocycles. The smallest absolute Gasteiger partial charge is 0.343 e. The Bertz CT molecular complexity index is 931. The number of rotatable bonds is 5. The van der Waals surface area contributed by atoms with Gasteiger partial charge in [-0.3, -0.25) is 0 Å². The van der Waals surface area contributed by atoms with E-state index in [0.29, 0.717) is 11.5 Å². The molecule has 0 saturated carbocycles. The van der Waals surface area contributed by atoms with Gasteiger partial charge in [-0.15, -0.1) is 0 Å². The number of sulfonamides is 1. The van der Waals surface area contributed by atoms with Crippen molar-refractivity contribution in [1.82, 2.24) is 4.31 Å². The highest BCUT2D eigenvalue weighted by Gasteiger charge is 2.32. The fourth-order valence-corrected chi connectivity index (χ4v) is 4.71. The Morgan fingerprint density at radius 3 is 2.25 bits per heavy atom. The van der Waals surface area contributed by atoms with Crippen LogP contribution < -0.4 is 9.47 Å². The molecule has 2 aromatic rings. The van der Waals surface area contributed by atoms with Crippen molar-refractivity contribution in [3.8, 4) is 11.5 Å². The lowest BCUT2D eigenvalue weighted by atomic mass is 10.2. The molecule has 28 heavy (non-hydrogen) atoms. The van der Waals surface area contributed by atoms with Gasteiger partial charge in [0.1, 0.15) is 11.5 Å². The molecule has 0 unspecified atom stereocenters. The van der Waals surface area contributed by atoms with Crippen LogP contribution in [0.5, 0.6) is 11.5 Å². The molecule has 150 valence electrons. The molecule has 0 spiro atoms. The number of hydrogen-bond acceptors (Lipinski definition) is 6. The zero-order chi connectivity index (χ0) is 20.3. The number of morpholine rings is 1. The first-order valence-corrected chi connectivity index (χ1v) is 10.4. The Balaban J connectivity index is 1.79. The highest BCUT2D eigenvalue weighted by Crippen LogP contribution is 2.23. The summed E-state index contributed by atoms with van der Waals surface area (Å²) < 4.78 is 43.4. The van der Waals surface area contributed by atoms with E-state index in [-0.39, 0.29) is 35.8 Å². The SMILES string of the molecule is COc1ccc(OC(=O)c2cccc(S(=O)(=O)N3C[C@H](C)O[C@@H](C)C3)c2)cc1. The first-order chi connectivity index (χ1) is 13.3. The van der Waals surface area contributed by atoms with Gasteiger partial charge < -0.3 is 14.2 Å². The highest BCUT2D eigenvalue weighted by molar-refractivity contribution is 7.89. The van der Waals surface area contributed by atoms with Gasteiger partial charge in [0.2, 0.25) is 10.0 Å². The maximum absolute atomic E-state index is 13.0. The minimum atomic E-state index is -3.74. The monoisotopic (exact) mass is 405 g/mol. The van der Waals surface area contributed by atoms with E-state index in [1.807, 2.05) is 13.8 Å². The molecule has 0 radical (unpaired) electrons. The zero-order valence-corrected chi connectivity index (χ0v) is 16.8. The third-order valence-corrected chi connectivity index (χ3v) is 6.19. The molecule has 3 rings (SSSR count). The van der Waals surface area contributed by atoms with Gasteiger partial charge in [-0.05, 0) is 56.3 Å². The molecule has 1 aliphatic rings. The fraction of sp³-hybridized carbons (Fsp3) is 0.350. The van der Waals surface area contributed by atoms with Crippen molar-refractivity contribution in [2.45, 2.75) is 31.0 Å². The molecule has 0 aliphatic carbocycles. The Morgan fingerprint density at radius 1 is 1.04 bits per heavy atom. The van der Waals surface area contributed by atoms with E-state index in [0.717, 1.165) is 0 Å². The van der Waals surface area contributed by atoms with Gasteiger partial charge in [-0.25, -0.2) is 13.2 Å². The second-order valence-electron chi connectivity index (χ2n) is 6.67. The second-order valence-corrected chi connectivity index (χ2v) is 8.61. The molecule has 0 amide bonds. The van der Waals surface area contributed by atoms with Crippen molar-refractivity contribution in [2.24, 2.45) is 0 Å². The predicted molar refractivity (Wildman–Crippen MR) is 103 cm³/mol. The minimum absolute atomic E-state index is 0.0537. The van der Waals surface area contributed by atoms with Crippen molar-refractivity contribution < 1.29 is 27.4 Å². The van der Waals surface area contributed by atoms with E-state index in [1.54, 1.807) is 31.4 Å². The van der Waals surface area contributed by atoms with Crippen LogP contribution in [-0.2, 0) is 14.8 Å². The van der Waals surface area contributed by atoms with E-state index >= 15 is 0 Å². The van der Waals surface area contributed by atoms with Gasteiger partial charge in [0.05, 0.1) is 29.8 Å². The van der Waals surface area contributed by atoms with Crippen LogP contribution in [0, 0.1) is 0 Å². The van der Waals surface area contributed by atoms with Gasteiger partial charge in [-0.2, -0.15) is 4.31 Å². The van der Waals surface area contributed by atoms with Crippen LogP contribution in [0.4, 0.5) is 0 Å². The average molecular weight is 405 g/mol. The Hall–Kier alpha value is -2.42. The summed E-state index contributed by atoms with van der Waals surface area (Å²) in [7, 11) is -2.19. The second kappa shape index (κ2) is 8.30. The van der Waals surface area contributed by atoms with Crippen molar-refractivity contribution in [3.63, 3.8) is 0 Å². The average Bonchev–Trinajstić information content (AvgIpc) is 2.68. The molecule has 2 atom stereocenters. The number of methoxy groups -OCH3 is 1. The van der Waals surface area contributed by atoms with Gasteiger partial charge >= 0.3 is 5.97 Å². The molecule has 7 nitrogen and oxygen atoms in total. The van der Waals surface area contributed by atoms with Crippen molar-refractivity contribution in [3.05, 3.63) is 54.1 Å². The summed E-state index contributed by atoms with van der Waals surface area (Å²) in [6.07, 6.45) is -0.386. The van der Waals surface area contributed by atoms with E-state index in [1.165, 1.54) is 28.6 Å². The van der Waals surface area contributed by atoms with Crippen LogP contribution in [0.25, 0.3) is 0 Å². The number of carbonyl (C=O) groups is 1. The molecule has 0 aromatic heterocycles. The Labute approximate surface area is 164 Å². The van der Waals surface area contributed by atoms with Gasteiger partial charge in [0.25, 0.3) is 0 Å². The Kier molecular flexibility index (Phi) is 6.02. The van der Waals surface area contributed by atoms with Crippen LogP contribution in [0.2, 0.25) is 0 Å². The van der Waals surface area contributed by atoms with Crippen LogP contribution in [-0.4, -0.2) is 51.1 Å². The highest BCUT2D eigenvalue weighted by atomic mass is 32.2. The summed E-state index contributed by atoms with van der Waals surface area (Å²) in [5, 5.41) is 0. The Morgan fingerprint density at radius 2 is 1.64 bits per heavy atom. The quantitative estimate of drug-likeness (QED) is 0.562. The lowest BCUT2D eigenvalue weighted by Gasteiger charge is -2.34. The summed E-state index contributed by atoms with van der Waals surface area (Å²) in [4.78, 5) is 12.5. The molecule has 0 N–H and O–H groups in total. The zero-order valence-electron chi connectivity index (χ0n) is 16.0. The van der Waals surface area contributed by atoms with Gasteiger partial charge in [-0.1, -0.05) is 6.07 Å². The third-order valence-electron chi connectivity index (χ3n) is 4.36. The lowest BCUT2D eigenvalue weighted by molar-refractivity contribution is -0.0440. The minimum Gasteiger partial charge on any atom is -0.497 e. The van der Waals surface area contributed by atoms with Crippen molar-refractivity contribution in [2.75, 3.05) is 20.2 Å². The number of hydrogen-bond donors (Lipinski definition) is 0. The summed E-state index contributed by atoms with van der Waals surface area (Å²) in [6, 6.07) is 12.4. The maximum atomic E-state index is 13.0. The van der Waals surface area contributed by atoms with E-state index in [4.69, 9.17) is 14.2 Å². The first-order valence-electron chi connectivity index (χ1n) is 8.91. The van der Waals surface area contributed by atoms with Crippen LogP contribution in [0.15, 0.2) is 53.4 Å². The number of ether oxygens (including phenoxy) is 3. The summed E-state index contributed by atoms with van der Waals surface area (Å²) in [5.41, 5.74) is 0.159. The van der Waals surface area contributed by atoms with E-state index in [9.17, 15) is 13.2 Å². The maximum Gasteiger partial charge on any atom is 0.343 e. The number of carbonyl (C=O) groups excluding carboxylic acids is 1. The number of nitrogens with zero attached hydrogens (tertiary/aromatic N) is 1. The molecule has 1 saturated heterocycles. The topological polar surface area (TPSA) is 82.1 Å². The van der Waals surface area contributed by atoms with Crippen LogP contribution in [0.1, 0.15) is 24.2 Å². The molecular weight excluding hydrogens is 382 g/mol. The van der Waals surface area contributed by atoms with Gasteiger partial charge in [0.15, 0.2) is 0 Å². The number of esters is 1. The predicted octanol–water partition coefficient (Wildman–Crippen LogP) is 2.71. The summed E-state index contributed by atoms with van der Waals surface area (Å²) >= 11 is 0. The normalized spacial score (nSPS) is 20.5. The van der Waals surface area contributed by atoms with Gasteiger partial charge in [0, 0.05) is 13.1 Å². The third kappa shape index (κ3) is 4.52. The molecule has 1 heterocycles. The fourth-order valence-electron chi connectivity index (χ4n) is 3.07. The molecule has 1 fully saturated rings. The van der Waals surface area contributed by atoms with Crippen LogP contribution >= 0.6 is 0 Å². The van der Waals surface area contributed by atoms with Crippen molar-refractivity contribution >= 4 is 16.0 Å². The summed E-state index contributed by atoms with van der Waals surface area (Å²) in [5.74, 6) is 0.350. The van der Waals surface area contributed by atoms with E-state index < -0.39 is 16.0 Å². The van der Waals surface area contributed by atoms with E-state index in [2.05, 4.69) is 0 Å². The summed E-state index contributed by atoms with van der Waals surface area (Å²) in [6.45, 7) is 4.21. The largest absolute Gasteiger partial charge is 0.497 e. The molecule has 8 heteroatoms. The van der Waals surface area contributed by atoms with Crippen LogP contribution in [0.3, 0.4) is 0 Å². The number of benzene rings is 2. The molecular formula is C20H23NO6S.